The maximum Gasteiger partial charge on any atom is 0.236 e. The van der Waals surface area contributed by atoms with Crippen molar-refractivity contribution in [3.63, 3.8) is 0 Å². The first kappa shape index (κ1) is 9.97. The number of rotatable bonds is 1. The highest BCUT2D eigenvalue weighted by atomic mass is 16.2. The molecule has 2 rings (SSSR count). The van der Waals surface area contributed by atoms with Gasteiger partial charge in [-0.2, -0.15) is 0 Å². The summed E-state index contributed by atoms with van der Waals surface area (Å²) >= 11 is 0. The molecule has 80 valence electrons. The lowest BCUT2D eigenvalue weighted by molar-refractivity contribution is -0.135. The van der Waals surface area contributed by atoms with Gasteiger partial charge in [0, 0.05) is 12.6 Å². The summed E-state index contributed by atoms with van der Waals surface area (Å²) in [4.78, 5) is 13.7. The van der Waals surface area contributed by atoms with Crippen molar-refractivity contribution in [2.75, 3.05) is 13.1 Å². The van der Waals surface area contributed by atoms with Crippen LogP contribution in [-0.2, 0) is 4.79 Å². The van der Waals surface area contributed by atoms with Gasteiger partial charge in [0.25, 0.3) is 0 Å². The van der Waals surface area contributed by atoms with Crippen LogP contribution in [0.2, 0.25) is 0 Å². The quantitative estimate of drug-likeness (QED) is 0.683. The Kier molecular flexibility index (Phi) is 3.06. The highest BCUT2D eigenvalue weighted by Crippen LogP contribution is 2.35. The third-order valence-corrected chi connectivity index (χ3v) is 3.74. The van der Waals surface area contributed by atoms with Crippen LogP contribution >= 0.6 is 0 Å². The fraction of sp³-hybridized carbons (Fsp3) is 0.909. The third-order valence-electron chi connectivity index (χ3n) is 3.74. The van der Waals surface area contributed by atoms with Gasteiger partial charge in [-0.05, 0) is 31.6 Å². The van der Waals surface area contributed by atoms with Gasteiger partial charge in [-0.1, -0.05) is 12.8 Å². The Balaban J connectivity index is 2.04. The molecule has 0 aromatic heterocycles. The third kappa shape index (κ3) is 1.78. The summed E-state index contributed by atoms with van der Waals surface area (Å²) in [5, 5.41) is 0. The van der Waals surface area contributed by atoms with Gasteiger partial charge in [-0.25, -0.2) is 0 Å². The van der Waals surface area contributed by atoms with Gasteiger partial charge >= 0.3 is 0 Å². The molecule has 0 spiro atoms. The van der Waals surface area contributed by atoms with Crippen LogP contribution in [0, 0.1) is 5.92 Å². The van der Waals surface area contributed by atoms with Gasteiger partial charge in [0.1, 0.15) is 0 Å². The molecule has 3 nitrogen and oxygen atoms in total. The first-order valence-electron chi connectivity index (χ1n) is 5.82. The van der Waals surface area contributed by atoms with Crippen molar-refractivity contribution in [3.8, 4) is 0 Å². The maximum absolute atomic E-state index is 11.6. The standard InChI is InChI=1S/C11H20N2O/c12-8-11(14)13-7-3-5-9-4-1-2-6-10(9)13/h9-10H,1-8,12H2/t9?,10-/m0/s1. The molecule has 0 aromatic rings. The van der Waals surface area contributed by atoms with E-state index in [0.717, 1.165) is 12.5 Å². The van der Waals surface area contributed by atoms with E-state index < -0.39 is 0 Å². The zero-order valence-corrected chi connectivity index (χ0v) is 8.74. The number of carbonyl (C=O) groups excluding carboxylic acids is 1. The Hall–Kier alpha value is -0.570. The van der Waals surface area contributed by atoms with E-state index in [2.05, 4.69) is 0 Å². The molecule has 2 N–H and O–H groups in total. The Morgan fingerprint density at radius 1 is 1.21 bits per heavy atom. The van der Waals surface area contributed by atoms with Crippen LogP contribution in [0.3, 0.4) is 0 Å². The fourth-order valence-corrected chi connectivity index (χ4v) is 3.05. The molecule has 1 heterocycles. The van der Waals surface area contributed by atoms with Crippen molar-refractivity contribution in [2.24, 2.45) is 11.7 Å². The smallest absolute Gasteiger partial charge is 0.236 e. The number of hydrogen-bond donors (Lipinski definition) is 1. The van der Waals surface area contributed by atoms with Crippen LogP contribution in [0.25, 0.3) is 0 Å². The van der Waals surface area contributed by atoms with Gasteiger partial charge in [0.2, 0.25) is 5.91 Å². The van der Waals surface area contributed by atoms with Gasteiger partial charge in [-0.3, -0.25) is 4.79 Å². The first-order valence-corrected chi connectivity index (χ1v) is 5.82. The summed E-state index contributed by atoms with van der Waals surface area (Å²) in [6, 6.07) is 0.522. The number of nitrogens with two attached hydrogens (primary N) is 1. The Bertz CT molecular complexity index is 215. The number of hydrogen-bond acceptors (Lipinski definition) is 2. The van der Waals surface area contributed by atoms with Crippen LogP contribution in [0.4, 0.5) is 0 Å². The molecular formula is C11H20N2O. The number of likely N-dealkylation sites (tertiary alicyclic amines) is 1. The molecular weight excluding hydrogens is 176 g/mol. The molecule has 2 atom stereocenters. The van der Waals surface area contributed by atoms with E-state index in [4.69, 9.17) is 5.73 Å². The van der Waals surface area contributed by atoms with Crippen molar-refractivity contribution in [1.82, 2.24) is 4.90 Å². The minimum Gasteiger partial charge on any atom is -0.338 e. The molecule has 1 saturated heterocycles. The van der Waals surface area contributed by atoms with Crippen LogP contribution in [0.5, 0.6) is 0 Å². The number of amides is 1. The second-order valence-electron chi connectivity index (χ2n) is 4.55. The Morgan fingerprint density at radius 3 is 2.71 bits per heavy atom. The van der Waals surface area contributed by atoms with E-state index in [1.165, 1.54) is 38.5 Å². The number of piperidine rings is 1. The molecule has 2 aliphatic rings. The lowest BCUT2D eigenvalue weighted by Gasteiger charge is -2.44. The highest BCUT2D eigenvalue weighted by Gasteiger charge is 2.34. The van der Waals surface area contributed by atoms with Gasteiger partial charge in [0.15, 0.2) is 0 Å². The van der Waals surface area contributed by atoms with E-state index in [-0.39, 0.29) is 12.5 Å². The van der Waals surface area contributed by atoms with E-state index in [0.29, 0.717) is 6.04 Å². The SMILES string of the molecule is NCC(=O)N1CCCC2CCCC[C@@H]21. The molecule has 0 radical (unpaired) electrons. The van der Waals surface area contributed by atoms with E-state index >= 15 is 0 Å². The average molecular weight is 196 g/mol. The van der Waals surface area contributed by atoms with Crippen LogP contribution in [0.15, 0.2) is 0 Å². The molecule has 1 aliphatic heterocycles. The number of carbonyl (C=O) groups is 1. The fourth-order valence-electron chi connectivity index (χ4n) is 3.05. The summed E-state index contributed by atoms with van der Waals surface area (Å²) in [5.41, 5.74) is 5.43. The largest absolute Gasteiger partial charge is 0.338 e. The maximum atomic E-state index is 11.6. The van der Waals surface area contributed by atoms with E-state index in [1.54, 1.807) is 0 Å². The molecule has 1 unspecified atom stereocenters. The van der Waals surface area contributed by atoms with Crippen molar-refractivity contribution in [3.05, 3.63) is 0 Å². The predicted octanol–water partition coefficient (Wildman–Crippen LogP) is 1.13. The normalized spacial score (nSPS) is 32.5. The second-order valence-corrected chi connectivity index (χ2v) is 4.55. The average Bonchev–Trinajstić information content (AvgIpc) is 2.27. The molecule has 0 bridgehead atoms. The topological polar surface area (TPSA) is 46.3 Å². The zero-order chi connectivity index (χ0) is 9.97. The van der Waals surface area contributed by atoms with Crippen molar-refractivity contribution in [1.29, 1.82) is 0 Å². The minimum absolute atomic E-state index is 0.154. The van der Waals surface area contributed by atoms with Gasteiger partial charge in [-0.15, -0.1) is 0 Å². The van der Waals surface area contributed by atoms with Crippen LogP contribution in [-0.4, -0.2) is 29.9 Å². The molecule has 3 heteroatoms. The summed E-state index contributed by atoms with van der Waals surface area (Å²) < 4.78 is 0. The summed E-state index contributed by atoms with van der Waals surface area (Å²) in [6.45, 7) is 1.13. The molecule has 1 amide bonds. The van der Waals surface area contributed by atoms with Crippen LogP contribution in [0.1, 0.15) is 38.5 Å². The van der Waals surface area contributed by atoms with E-state index in [9.17, 15) is 4.79 Å². The van der Waals surface area contributed by atoms with Gasteiger partial charge in [0.05, 0.1) is 6.54 Å². The van der Waals surface area contributed by atoms with Crippen molar-refractivity contribution < 1.29 is 4.79 Å². The summed E-state index contributed by atoms with van der Waals surface area (Å²) in [6.07, 6.45) is 7.66. The molecule has 0 aromatic carbocycles. The Labute approximate surface area is 85.6 Å². The summed E-state index contributed by atoms with van der Waals surface area (Å²) in [5.74, 6) is 0.926. The molecule has 14 heavy (non-hydrogen) atoms. The predicted molar refractivity (Wildman–Crippen MR) is 55.7 cm³/mol. The van der Waals surface area contributed by atoms with E-state index in [1.807, 2.05) is 4.90 Å². The molecule has 2 fully saturated rings. The number of fused-ring (bicyclic) bond motifs is 1. The summed E-state index contributed by atoms with van der Waals surface area (Å²) in [7, 11) is 0. The van der Waals surface area contributed by atoms with Gasteiger partial charge < -0.3 is 10.6 Å². The highest BCUT2D eigenvalue weighted by molar-refractivity contribution is 5.78. The second kappa shape index (κ2) is 4.30. The molecule has 1 aliphatic carbocycles. The molecule has 1 saturated carbocycles. The Morgan fingerprint density at radius 2 is 1.93 bits per heavy atom. The number of nitrogens with zero attached hydrogens (tertiary/aromatic N) is 1. The van der Waals surface area contributed by atoms with Crippen molar-refractivity contribution in [2.45, 2.75) is 44.6 Å². The zero-order valence-electron chi connectivity index (χ0n) is 8.74. The van der Waals surface area contributed by atoms with Crippen LogP contribution < -0.4 is 5.73 Å². The monoisotopic (exact) mass is 196 g/mol. The lowest BCUT2D eigenvalue weighted by Crippen LogP contribution is -2.51. The lowest BCUT2D eigenvalue weighted by atomic mass is 9.78. The van der Waals surface area contributed by atoms with Crippen molar-refractivity contribution >= 4 is 5.91 Å². The minimum atomic E-state index is 0.154. The first-order chi connectivity index (χ1) is 6.83.